The lowest BCUT2D eigenvalue weighted by Crippen LogP contribution is -2.52. The van der Waals surface area contributed by atoms with E-state index in [1.54, 1.807) is 12.0 Å². The van der Waals surface area contributed by atoms with E-state index in [1.807, 2.05) is 56.3 Å². The third-order valence-electron chi connectivity index (χ3n) is 6.10. The molecular formula is C24H30N4O3. The Morgan fingerprint density at radius 3 is 2.48 bits per heavy atom. The summed E-state index contributed by atoms with van der Waals surface area (Å²) in [4.78, 5) is 29.7. The molecule has 2 aliphatic rings. The van der Waals surface area contributed by atoms with Crippen LogP contribution in [-0.4, -0.2) is 44.1 Å². The molecule has 2 aromatic rings. The maximum absolute atomic E-state index is 13.0. The van der Waals surface area contributed by atoms with Gasteiger partial charge in [-0.25, -0.2) is 0 Å². The topological polar surface area (TPSA) is 87.9 Å². The van der Waals surface area contributed by atoms with E-state index in [1.165, 1.54) is 12.8 Å². The number of nitrogens with zero attached hydrogens (tertiary/aromatic N) is 2. The molecule has 0 aromatic heterocycles. The van der Waals surface area contributed by atoms with Crippen molar-refractivity contribution in [3.63, 3.8) is 0 Å². The van der Waals surface area contributed by atoms with Gasteiger partial charge >= 0.3 is 0 Å². The summed E-state index contributed by atoms with van der Waals surface area (Å²) in [5.41, 5.74) is 8.97. The SMILES string of the molecule is COc1ccc([C@H](C)NC(=O)c2ccc3c(c2)N(C(=O)CN)C(C)CN3C2CC2)cc1. The molecule has 1 unspecified atom stereocenters. The van der Waals surface area contributed by atoms with Crippen LogP contribution in [0.2, 0.25) is 0 Å². The van der Waals surface area contributed by atoms with Crippen LogP contribution in [0.5, 0.6) is 5.75 Å². The highest BCUT2D eigenvalue weighted by atomic mass is 16.5. The number of rotatable bonds is 6. The Labute approximate surface area is 183 Å². The van der Waals surface area contributed by atoms with Crippen molar-refractivity contribution in [2.45, 2.75) is 44.8 Å². The maximum atomic E-state index is 13.0. The van der Waals surface area contributed by atoms with E-state index in [4.69, 9.17) is 10.5 Å². The number of ether oxygens (including phenoxy) is 1. The standard InChI is InChI=1S/C24H30N4O3/c1-15-14-27(19-7-8-19)21-11-6-18(12-22(21)28(15)23(29)13-25)24(30)26-16(2)17-4-9-20(31-3)10-5-17/h4-6,9-12,15-16,19H,7-8,13-14,25H2,1-3H3,(H,26,30)/t15?,16-/m0/s1. The summed E-state index contributed by atoms with van der Waals surface area (Å²) in [5.74, 6) is 0.465. The normalized spacial score (nSPS) is 18.9. The van der Waals surface area contributed by atoms with Crippen LogP contribution in [-0.2, 0) is 4.79 Å². The van der Waals surface area contributed by atoms with E-state index < -0.39 is 0 Å². The van der Waals surface area contributed by atoms with Crippen LogP contribution < -0.4 is 25.6 Å². The molecule has 0 saturated heterocycles. The number of fused-ring (bicyclic) bond motifs is 1. The Kier molecular flexibility index (Phi) is 5.87. The first-order chi connectivity index (χ1) is 14.9. The van der Waals surface area contributed by atoms with E-state index >= 15 is 0 Å². The fourth-order valence-corrected chi connectivity index (χ4v) is 4.27. The highest BCUT2D eigenvalue weighted by molar-refractivity contribution is 6.03. The van der Waals surface area contributed by atoms with Crippen LogP contribution in [0, 0.1) is 0 Å². The number of nitrogens with one attached hydrogen (secondary N) is 1. The molecule has 0 bridgehead atoms. The van der Waals surface area contributed by atoms with Crippen molar-refractivity contribution in [2.24, 2.45) is 5.73 Å². The van der Waals surface area contributed by atoms with Gasteiger partial charge in [-0.1, -0.05) is 12.1 Å². The Bertz CT molecular complexity index is 971. The molecule has 1 heterocycles. The predicted molar refractivity (Wildman–Crippen MR) is 122 cm³/mol. The number of hydrogen-bond donors (Lipinski definition) is 2. The molecule has 2 aromatic carbocycles. The van der Waals surface area contributed by atoms with Crippen LogP contribution in [0.1, 0.15) is 48.7 Å². The van der Waals surface area contributed by atoms with E-state index in [0.29, 0.717) is 11.6 Å². The Morgan fingerprint density at radius 1 is 1.16 bits per heavy atom. The van der Waals surface area contributed by atoms with Gasteiger partial charge in [0.2, 0.25) is 5.91 Å². The fraction of sp³-hybridized carbons (Fsp3) is 0.417. The van der Waals surface area contributed by atoms with Gasteiger partial charge in [0.15, 0.2) is 0 Å². The molecule has 4 rings (SSSR count). The number of amides is 2. The van der Waals surface area contributed by atoms with Crippen molar-refractivity contribution >= 4 is 23.2 Å². The van der Waals surface area contributed by atoms with Crippen LogP contribution in [0.3, 0.4) is 0 Å². The average molecular weight is 423 g/mol. The lowest BCUT2D eigenvalue weighted by Gasteiger charge is -2.42. The molecule has 0 spiro atoms. The molecule has 1 aliphatic carbocycles. The Morgan fingerprint density at radius 2 is 1.87 bits per heavy atom. The molecule has 0 radical (unpaired) electrons. The minimum Gasteiger partial charge on any atom is -0.497 e. The lowest BCUT2D eigenvalue weighted by molar-refractivity contribution is -0.117. The summed E-state index contributed by atoms with van der Waals surface area (Å²) >= 11 is 0. The van der Waals surface area contributed by atoms with E-state index in [-0.39, 0.29) is 30.4 Å². The molecule has 7 heteroatoms. The third kappa shape index (κ3) is 4.23. The quantitative estimate of drug-likeness (QED) is 0.747. The summed E-state index contributed by atoms with van der Waals surface area (Å²) in [6.45, 7) is 4.70. The van der Waals surface area contributed by atoms with Crippen molar-refractivity contribution in [3.05, 3.63) is 53.6 Å². The molecule has 164 valence electrons. The monoisotopic (exact) mass is 422 g/mol. The van der Waals surface area contributed by atoms with Crippen molar-refractivity contribution < 1.29 is 14.3 Å². The highest BCUT2D eigenvalue weighted by Gasteiger charge is 2.38. The van der Waals surface area contributed by atoms with Crippen LogP contribution >= 0.6 is 0 Å². The summed E-state index contributed by atoms with van der Waals surface area (Å²) in [7, 11) is 1.63. The summed E-state index contributed by atoms with van der Waals surface area (Å²) in [5, 5.41) is 3.05. The van der Waals surface area contributed by atoms with Crippen LogP contribution in [0.25, 0.3) is 0 Å². The summed E-state index contributed by atoms with van der Waals surface area (Å²) in [6, 6.07) is 13.6. The Hall–Kier alpha value is -3.06. The second kappa shape index (κ2) is 8.59. The van der Waals surface area contributed by atoms with Crippen LogP contribution in [0.4, 0.5) is 11.4 Å². The van der Waals surface area contributed by atoms with E-state index in [0.717, 1.165) is 29.2 Å². The summed E-state index contributed by atoms with van der Waals surface area (Å²) < 4.78 is 5.20. The molecule has 1 fully saturated rings. The first kappa shape index (κ1) is 21.2. The van der Waals surface area contributed by atoms with Gasteiger partial charge in [0.1, 0.15) is 5.75 Å². The first-order valence-corrected chi connectivity index (χ1v) is 10.8. The number of benzene rings is 2. The second-order valence-electron chi connectivity index (χ2n) is 8.37. The lowest BCUT2D eigenvalue weighted by atomic mass is 10.0. The van der Waals surface area contributed by atoms with E-state index in [2.05, 4.69) is 10.2 Å². The summed E-state index contributed by atoms with van der Waals surface area (Å²) in [6.07, 6.45) is 2.33. The van der Waals surface area contributed by atoms with Gasteiger partial charge < -0.3 is 25.6 Å². The molecule has 1 saturated carbocycles. The van der Waals surface area contributed by atoms with Crippen LogP contribution in [0.15, 0.2) is 42.5 Å². The fourth-order valence-electron chi connectivity index (χ4n) is 4.27. The number of hydrogen-bond acceptors (Lipinski definition) is 5. The largest absolute Gasteiger partial charge is 0.497 e. The molecule has 2 atom stereocenters. The number of carbonyl (C=O) groups excluding carboxylic acids is 2. The zero-order valence-electron chi connectivity index (χ0n) is 18.3. The van der Waals surface area contributed by atoms with Gasteiger partial charge in [-0.2, -0.15) is 0 Å². The number of methoxy groups -OCH3 is 1. The zero-order chi connectivity index (χ0) is 22.1. The maximum Gasteiger partial charge on any atom is 0.251 e. The third-order valence-corrected chi connectivity index (χ3v) is 6.10. The number of carbonyl (C=O) groups is 2. The Balaban J connectivity index is 1.59. The minimum absolute atomic E-state index is 0.000633. The molecular weight excluding hydrogens is 392 g/mol. The average Bonchev–Trinajstić information content (AvgIpc) is 3.63. The van der Waals surface area contributed by atoms with Gasteiger partial charge in [-0.3, -0.25) is 9.59 Å². The zero-order valence-corrected chi connectivity index (χ0v) is 18.3. The number of nitrogens with two attached hydrogens (primary N) is 1. The minimum atomic E-state index is -0.178. The van der Waals surface area contributed by atoms with Gasteiger partial charge in [-0.15, -0.1) is 0 Å². The van der Waals surface area contributed by atoms with Crippen molar-refractivity contribution in [3.8, 4) is 5.75 Å². The van der Waals surface area contributed by atoms with Gasteiger partial charge in [-0.05, 0) is 62.6 Å². The molecule has 31 heavy (non-hydrogen) atoms. The van der Waals surface area contributed by atoms with Crippen molar-refractivity contribution in [1.29, 1.82) is 0 Å². The van der Waals surface area contributed by atoms with Gasteiger partial charge in [0, 0.05) is 18.2 Å². The molecule has 2 amide bonds. The molecule has 3 N–H and O–H groups in total. The van der Waals surface area contributed by atoms with Crippen molar-refractivity contribution in [2.75, 3.05) is 30.0 Å². The predicted octanol–water partition coefficient (Wildman–Crippen LogP) is 2.85. The smallest absolute Gasteiger partial charge is 0.251 e. The first-order valence-electron chi connectivity index (χ1n) is 10.8. The van der Waals surface area contributed by atoms with Gasteiger partial charge in [0.05, 0.1) is 37.1 Å². The van der Waals surface area contributed by atoms with Gasteiger partial charge in [0.25, 0.3) is 5.91 Å². The second-order valence-corrected chi connectivity index (χ2v) is 8.37. The number of anilines is 2. The van der Waals surface area contributed by atoms with E-state index in [9.17, 15) is 9.59 Å². The highest BCUT2D eigenvalue weighted by Crippen LogP contribution is 2.42. The van der Waals surface area contributed by atoms with Crippen molar-refractivity contribution in [1.82, 2.24) is 5.32 Å². The molecule has 7 nitrogen and oxygen atoms in total. The molecule has 1 aliphatic heterocycles.